The van der Waals surface area contributed by atoms with E-state index in [1.54, 1.807) is 30.9 Å². The van der Waals surface area contributed by atoms with E-state index in [-0.39, 0.29) is 17.9 Å². The summed E-state index contributed by atoms with van der Waals surface area (Å²) in [4.78, 5) is 27.7. The van der Waals surface area contributed by atoms with E-state index in [9.17, 15) is 9.59 Å². The number of carbonyl (C=O) groups is 2. The van der Waals surface area contributed by atoms with Gasteiger partial charge >= 0.3 is 0 Å². The predicted octanol–water partition coefficient (Wildman–Crippen LogP) is 4.02. The maximum atomic E-state index is 13.1. The third kappa shape index (κ3) is 4.35. The molecule has 0 bridgehead atoms. The Hall–Kier alpha value is -2.82. The molecule has 0 spiro atoms. The number of rotatable bonds is 5. The van der Waals surface area contributed by atoms with Gasteiger partial charge in [0.15, 0.2) is 0 Å². The lowest BCUT2D eigenvalue weighted by Gasteiger charge is -2.34. The number of nitrogens with one attached hydrogen (secondary N) is 1. The van der Waals surface area contributed by atoms with Crippen molar-refractivity contribution in [3.8, 4) is 5.75 Å². The first kappa shape index (κ1) is 19.9. The second-order valence-electron chi connectivity index (χ2n) is 8.02. The molecule has 148 valence electrons. The van der Waals surface area contributed by atoms with Crippen LogP contribution < -0.4 is 10.1 Å². The first-order chi connectivity index (χ1) is 13.3. The normalized spacial score (nSPS) is 13.8. The Morgan fingerprint density at radius 3 is 2.32 bits per heavy atom. The van der Waals surface area contributed by atoms with Crippen molar-refractivity contribution in [2.45, 2.75) is 46.8 Å². The van der Waals surface area contributed by atoms with E-state index >= 15 is 0 Å². The van der Waals surface area contributed by atoms with Crippen molar-refractivity contribution in [2.75, 3.05) is 11.9 Å². The molecule has 1 aliphatic rings. The lowest BCUT2D eigenvalue weighted by molar-refractivity contribution is -0.147. The number of ether oxygens (including phenoxy) is 1. The highest BCUT2D eigenvalue weighted by Crippen LogP contribution is 2.27. The van der Waals surface area contributed by atoms with Crippen molar-refractivity contribution >= 4 is 17.5 Å². The molecule has 0 saturated carbocycles. The fourth-order valence-electron chi connectivity index (χ4n) is 3.34. The van der Waals surface area contributed by atoms with Gasteiger partial charge in [0.25, 0.3) is 0 Å². The van der Waals surface area contributed by atoms with E-state index < -0.39 is 5.41 Å². The highest BCUT2D eigenvalue weighted by atomic mass is 16.5. The van der Waals surface area contributed by atoms with E-state index in [0.29, 0.717) is 18.8 Å². The molecular weight excluding hydrogens is 352 g/mol. The average molecular weight is 380 g/mol. The molecule has 1 aliphatic heterocycles. The van der Waals surface area contributed by atoms with Crippen molar-refractivity contribution in [1.82, 2.24) is 4.90 Å². The molecule has 0 unspecified atom stereocenters. The third-order valence-corrected chi connectivity index (χ3v) is 5.00. The van der Waals surface area contributed by atoms with Crippen LogP contribution in [0.1, 0.15) is 38.8 Å². The van der Waals surface area contributed by atoms with Crippen molar-refractivity contribution < 1.29 is 14.3 Å². The minimum atomic E-state index is -1.15. The number of hydrogen-bond acceptors (Lipinski definition) is 3. The van der Waals surface area contributed by atoms with Crippen molar-refractivity contribution in [2.24, 2.45) is 5.41 Å². The van der Waals surface area contributed by atoms with Gasteiger partial charge in [0.2, 0.25) is 11.8 Å². The summed E-state index contributed by atoms with van der Waals surface area (Å²) in [5, 5.41) is 2.86. The zero-order valence-corrected chi connectivity index (χ0v) is 17.0. The van der Waals surface area contributed by atoms with Gasteiger partial charge in [-0.25, -0.2) is 0 Å². The molecule has 1 N–H and O–H groups in total. The fourth-order valence-corrected chi connectivity index (χ4v) is 3.34. The minimum Gasteiger partial charge on any atom is -0.491 e. The molecule has 1 heterocycles. The summed E-state index contributed by atoms with van der Waals surface area (Å²) in [6.45, 7) is 8.47. The van der Waals surface area contributed by atoms with Crippen molar-refractivity contribution in [3.05, 3.63) is 59.7 Å². The average Bonchev–Trinajstić information content (AvgIpc) is 2.68. The standard InChI is InChI=1S/C23H28N2O3/c1-16(2)28-20-11-9-19(10-12-20)24-21(26)23(3,4)22(27)25-14-13-17-7-5-6-8-18(17)15-25/h5-12,16H,13-15H2,1-4H3,(H,24,26). The Balaban J connectivity index is 1.66. The molecule has 0 atom stereocenters. The van der Waals surface area contributed by atoms with Crippen LogP contribution in [0.15, 0.2) is 48.5 Å². The van der Waals surface area contributed by atoms with Crippen LogP contribution in [0, 0.1) is 5.41 Å². The molecule has 2 amide bonds. The van der Waals surface area contributed by atoms with Crippen LogP contribution in [0.25, 0.3) is 0 Å². The zero-order valence-electron chi connectivity index (χ0n) is 17.0. The SMILES string of the molecule is CC(C)Oc1ccc(NC(=O)C(C)(C)C(=O)N2CCc3ccccc3C2)cc1. The highest BCUT2D eigenvalue weighted by molar-refractivity contribution is 6.09. The molecule has 5 heteroatoms. The summed E-state index contributed by atoms with van der Waals surface area (Å²) < 4.78 is 5.61. The number of benzene rings is 2. The van der Waals surface area contributed by atoms with Gasteiger partial charge < -0.3 is 15.0 Å². The molecule has 5 nitrogen and oxygen atoms in total. The van der Waals surface area contributed by atoms with Gasteiger partial charge in [-0.2, -0.15) is 0 Å². The maximum absolute atomic E-state index is 13.1. The predicted molar refractivity (Wildman–Crippen MR) is 110 cm³/mol. The number of nitrogens with zero attached hydrogens (tertiary/aromatic N) is 1. The van der Waals surface area contributed by atoms with Crippen molar-refractivity contribution in [3.63, 3.8) is 0 Å². The topological polar surface area (TPSA) is 58.6 Å². The van der Waals surface area contributed by atoms with Gasteiger partial charge in [-0.1, -0.05) is 24.3 Å². The van der Waals surface area contributed by atoms with Crippen molar-refractivity contribution in [1.29, 1.82) is 0 Å². The van der Waals surface area contributed by atoms with Gasteiger partial charge in [0, 0.05) is 18.8 Å². The molecule has 0 fully saturated rings. The first-order valence-corrected chi connectivity index (χ1v) is 9.71. The molecule has 2 aromatic carbocycles. The smallest absolute Gasteiger partial charge is 0.239 e. The number of carbonyl (C=O) groups excluding carboxylic acids is 2. The molecule has 28 heavy (non-hydrogen) atoms. The van der Waals surface area contributed by atoms with Gasteiger partial charge in [0.05, 0.1) is 6.10 Å². The number of amides is 2. The van der Waals surface area contributed by atoms with Crippen LogP contribution >= 0.6 is 0 Å². The third-order valence-electron chi connectivity index (χ3n) is 5.00. The molecule has 0 aliphatic carbocycles. The van der Waals surface area contributed by atoms with E-state index in [0.717, 1.165) is 17.7 Å². The first-order valence-electron chi connectivity index (χ1n) is 9.71. The Morgan fingerprint density at radius 2 is 1.68 bits per heavy atom. The lowest BCUT2D eigenvalue weighted by atomic mass is 9.88. The summed E-state index contributed by atoms with van der Waals surface area (Å²) in [5.41, 5.74) is 1.92. The molecule has 0 aromatic heterocycles. The maximum Gasteiger partial charge on any atom is 0.239 e. The van der Waals surface area contributed by atoms with E-state index in [4.69, 9.17) is 4.74 Å². The van der Waals surface area contributed by atoms with Crippen LogP contribution in [0.4, 0.5) is 5.69 Å². The van der Waals surface area contributed by atoms with E-state index in [1.807, 2.05) is 44.2 Å². The molecular formula is C23H28N2O3. The monoisotopic (exact) mass is 380 g/mol. The van der Waals surface area contributed by atoms with E-state index in [2.05, 4.69) is 11.4 Å². The largest absolute Gasteiger partial charge is 0.491 e. The molecule has 3 rings (SSSR count). The second kappa shape index (κ2) is 8.05. The summed E-state index contributed by atoms with van der Waals surface area (Å²) in [7, 11) is 0. The zero-order chi connectivity index (χ0) is 20.3. The van der Waals surface area contributed by atoms with Gasteiger partial charge in [-0.05, 0) is 69.5 Å². The van der Waals surface area contributed by atoms with Crippen LogP contribution in [-0.4, -0.2) is 29.4 Å². The number of hydrogen-bond donors (Lipinski definition) is 1. The van der Waals surface area contributed by atoms with Crippen LogP contribution in [0.5, 0.6) is 5.75 Å². The van der Waals surface area contributed by atoms with Gasteiger partial charge in [-0.15, -0.1) is 0 Å². The molecule has 0 saturated heterocycles. The summed E-state index contributed by atoms with van der Waals surface area (Å²) in [5.74, 6) is 0.281. The molecule has 0 radical (unpaired) electrons. The minimum absolute atomic E-state index is 0.0895. The van der Waals surface area contributed by atoms with Gasteiger partial charge in [-0.3, -0.25) is 9.59 Å². The summed E-state index contributed by atoms with van der Waals surface area (Å²) >= 11 is 0. The van der Waals surface area contributed by atoms with Gasteiger partial charge in [0.1, 0.15) is 11.2 Å². The Bertz CT molecular complexity index is 856. The quantitative estimate of drug-likeness (QED) is 0.797. The lowest BCUT2D eigenvalue weighted by Crippen LogP contribution is -2.48. The second-order valence-corrected chi connectivity index (χ2v) is 8.02. The summed E-state index contributed by atoms with van der Waals surface area (Å²) in [6, 6.07) is 15.3. The Morgan fingerprint density at radius 1 is 1.04 bits per heavy atom. The molecule has 2 aromatic rings. The van der Waals surface area contributed by atoms with Crippen LogP contribution in [0.2, 0.25) is 0 Å². The number of anilines is 1. The van der Waals surface area contributed by atoms with Crippen LogP contribution in [0.3, 0.4) is 0 Å². The highest BCUT2D eigenvalue weighted by Gasteiger charge is 2.40. The van der Waals surface area contributed by atoms with E-state index in [1.165, 1.54) is 5.56 Å². The number of fused-ring (bicyclic) bond motifs is 1. The Labute approximate surface area is 166 Å². The summed E-state index contributed by atoms with van der Waals surface area (Å²) in [6.07, 6.45) is 0.906. The van der Waals surface area contributed by atoms with Crippen LogP contribution in [-0.2, 0) is 22.6 Å². The fraction of sp³-hybridized carbons (Fsp3) is 0.391. The Kier molecular flexibility index (Phi) is 5.73.